The van der Waals surface area contributed by atoms with E-state index in [1.807, 2.05) is 20.8 Å². The molecule has 0 fully saturated rings. The van der Waals surface area contributed by atoms with E-state index in [-0.39, 0.29) is 5.97 Å². The lowest BCUT2D eigenvalue weighted by Crippen LogP contribution is -2.49. The number of ether oxygens (including phenoxy) is 2. The van der Waals surface area contributed by atoms with Crippen molar-refractivity contribution in [1.82, 2.24) is 5.32 Å². The van der Waals surface area contributed by atoms with Crippen molar-refractivity contribution in [3.8, 4) is 5.75 Å². The van der Waals surface area contributed by atoms with E-state index in [1.165, 1.54) is 5.56 Å². The zero-order valence-electron chi connectivity index (χ0n) is 14.0. The first-order valence-electron chi connectivity index (χ1n) is 7.41. The summed E-state index contributed by atoms with van der Waals surface area (Å²) in [4.78, 5) is 12.0. The molecule has 0 aliphatic heterocycles. The Bertz CT molecular complexity index is 499. The van der Waals surface area contributed by atoms with Crippen molar-refractivity contribution >= 4 is 5.97 Å². The number of hydrogen-bond acceptors (Lipinski definition) is 4. The predicted octanol–water partition coefficient (Wildman–Crippen LogP) is 2.92. The third kappa shape index (κ3) is 4.21. The van der Waals surface area contributed by atoms with E-state index < -0.39 is 5.54 Å². The Balaban J connectivity index is 2.72. The average Bonchev–Trinajstić information content (AvgIpc) is 2.46. The number of likely N-dealkylation sites (N-methyl/N-ethyl adjacent to an activating group) is 1. The van der Waals surface area contributed by atoms with Crippen molar-refractivity contribution in [2.75, 3.05) is 20.3 Å². The number of aryl methyl sites for hydroxylation is 2. The zero-order valence-corrected chi connectivity index (χ0v) is 14.0. The summed E-state index contributed by atoms with van der Waals surface area (Å²) in [5, 5.41) is 3.04. The minimum absolute atomic E-state index is 0.242. The van der Waals surface area contributed by atoms with Gasteiger partial charge in [0.15, 0.2) is 0 Å². The molecule has 1 unspecified atom stereocenters. The molecule has 0 saturated heterocycles. The number of esters is 1. The second-order valence-electron chi connectivity index (χ2n) is 5.55. The Morgan fingerprint density at radius 1 is 1.24 bits per heavy atom. The van der Waals surface area contributed by atoms with E-state index in [1.54, 1.807) is 7.05 Å². The van der Waals surface area contributed by atoms with Gasteiger partial charge in [-0.3, -0.25) is 4.79 Å². The number of rotatable bonds is 7. The van der Waals surface area contributed by atoms with Gasteiger partial charge in [-0.2, -0.15) is 0 Å². The van der Waals surface area contributed by atoms with Crippen LogP contribution >= 0.6 is 0 Å². The summed E-state index contributed by atoms with van der Waals surface area (Å²) < 4.78 is 11.0. The Hall–Kier alpha value is -1.55. The van der Waals surface area contributed by atoms with Crippen LogP contribution in [-0.2, 0) is 9.53 Å². The molecule has 0 aliphatic rings. The van der Waals surface area contributed by atoms with Crippen LogP contribution in [0.15, 0.2) is 12.1 Å². The fourth-order valence-electron chi connectivity index (χ4n) is 2.12. The molecule has 4 heteroatoms. The highest BCUT2D eigenvalue weighted by Crippen LogP contribution is 2.26. The molecule has 1 atom stereocenters. The lowest BCUT2D eigenvalue weighted by molar-refractivity contribution is -0.150. The molecular formula is C17H27NO3. The smallest absolute Gasteiger partial charge is 0.326 e. The van der Waals surface area contributed by atoms with Gasteiger partial charge >= 0.3 is 5.97 Å². The van der Waals surface area contributed by atoms with Gasteiger partial charge in [-0.15, -0.1) is 0 Å². The van der Waals surface area contributed by atoms with E-state index in [2.05, 4.69) is 31.3 Å². The maximum atomic E-state index is 12.0. The summed E-state index contributed by atoms with van der Waals surface area (Å²) in [6, 6.07) is 4.15. The molecule has 118 valence electrons. The average molecular weight is 293 g/mol. The minimum Gasteiger partial charge on any atom is -0.493 e. The number of hydrogen-bond donors (Lipinski definition) is 1. The molecule has 0 bridgehead atoms. The number of carbonyl (C=O) groups excluding carboxylic acids is 1. The first-order valence-corrected chi connectivity index (χ1v) is 7.41. The van der Waals surface area contributed by atoms with Crippen molar-refractivity contribution in [3.05, 3.63) is 28.8 Å². The van der Waals surface area contributed by atoms with Crippen molar-refractivity contribution < 1.29 is 14.3 Å². The zero-order chi connectivity index (χ0) is 16.0. The summed E-state index contributed by atoms with van der Waals surface area (Å²) in [5.41, 5.74) is 2.75. The first-order chi connectivity index (χ1) is 9.85. The minimum atomic E-state index is -0.721. The molecule has 0 aromatic heterocycles. The topological polar surface area (TPSA) is 47.6 Å². The van der Waals surface area contributed by atoms with Gasteiger partial charge in [0.1, 0.15) is 11.3 Å². The Morgan fingerprint density at radius 2 is 1.86 bits per heavy atom. The molecule has 1 rings (SSSR count). The van der Waals surface area contributed by atoms with Gasteiger partial charge in [-0.1, -0.05) is 12.1 Å². The number of benzene rings is 1. The fraction of sp³-hybridized carbons (Fsp3) is 0.588. The molecule has 0 aliphatic carbocycles. The highest BCUT2D eigenvalue weighted by molar-refractivity contribution is 5.80. The monoisotopic (exact) mass is 293 g/mol. The van der Waals surface area contributed by atoms with E-state index >= 15 is 0 Å². The Labute approximate surface area is 127 Å². The van der Waals surface area contributed by atoms with Crippen molar-refractivity contribution in [1.29, 1.82) is 0 Å². The van der Waals surface area contributed by atoms with Crippen LogP contribution in [0.1, 0.15) is 37.0 Å². The maximum absolute atomic E-state index is 12.0. The normalized spacial score (nSPS) is 13.6. The van der Waals surface area contributed by atoms with E-state index in [0.29, 0.717) is 19.6 Å². The molecular weight excluding hydrogens is 266 g/mol. The summed E-state index contributed by atoms with van der Waals surface area (Å²) in [6.45, 7) is 10.6. The summed E-state index contributed by atoms with van der Waals surface area (Å²) in [5.74, 6) is 0.672. The fourth-order valence-corrected chi connectivity index (χ4v) is 2.12. The van der Waals surface area contributed by atoms with Crippen LogP contribution in [-0.4, -0.2) is 31.8 Å². The quantitative estimate of drug-likeness (QED) is 0.785. The Kier molecular flexibility index (Phi) is 6.21. The second-order valence-corrected chi connectivity index (χ2v) is 5.55. The van der Waals surface area contributed by atoms with E-state index in [0.717, 1.165) is 16.9 Å². The molecule has 0 spiro atoms. The van der Waals surface area contributed by atoms with Crippen LogP contribution < -0.4 is 10.1 Å². The molecule has 0 amide bonds. The van der Waals surface area contributed by atoms with Crippen molar-refractivity contribution in [3.63, 3.8) is 0 Å². The lowest BCUT2D eigenvalue weighted by Gasteiger charge is -2.27. The molecule has 4 nitrogen and oxygen atoms in total. The number of carbonyl (C=O) groups is 1. The van der Waals surface area contributed by atoms with Crippen LogP contribution in [0.3, 0.4) is 0 Å². The van der Waals surface area contributed by atoms with Crippen molar-refractivity contribution in [2.24, 2.45) is 0 Å². The molecule has 1 aromatic rings. The van der Waals surface area contributed by atoms with Gasteiger partial charge < -0.3 is 14.8 Å². The van der Waals surface area contributed by atoms with Gasteiger partial charge in [0, 0.05) is 6.42 Å². The molecule has 0 heterocycles. The molecule has 21 heavy (non-hydrogen) atoms. The summed E-state index contributed by atoms with van der Waals surface area (Å²) in [7, 11) is 1.76. The highest BCUT2D eigenvalue weighted by Gasteiger charge is 2.32. The third-order valence-corrected chi connectivity index (χ3v) is 4.00. The molecule has 0 radical (unpaired) electrons. The third-order valence-electron chi connectivity index (χ3n) is 4.00. The predicted molar refractivity (Wildman–Crippen MR) is 84.9 cm³/mol. The van der Waals surface area contributed by atoms with Gasteiger partial charge in [0.25, 0.3) is 0 Å². The second kappa shape index (κ2) is 7.46. The van der Waals surface area contributed by atoms with Crippen LogP contribution in [0, 0.1) is 20.8 Å². The summed E-state index contributed by atoms with van der Waals surface area (Å²) in [6.07, 6.45) is 0.551. The maximum Gasteiger partial charge on any atom is 0.326 e. The van der Waals surface area contributed by atoms with Gasteiger partial charge in [0.2, 0.25) is 0 Å². The van der Waals surface area contributed by atoms with Crippen LogP contribution in [0.2, 0.25) is 0 Å². The van der Waals surface area contributed by atoms with Gasteiger partial charge in [-0.05, 0) is 58.4 Å². The van der Waals surface area contributed by atoms with Gasteiger partial charge in [0.05, 0.1) is 13.2 Å². The molecule has 1 aromatic carbocycles. The van der Waals surface area contributed by atoms with Gasteiger partial charge in [-0.25, -0.2) is 0 Å². The molecule has 1 N–H and O–H groups in total. The SMILES string of the molecule is CCOC(=O)C(C)(CCOc1c(C)ccc(C)c1C)NC. The molecule has 0 saturated carbocycles. The van der Waals surface area contributed by atoms with Crippen molar-refractivity contribution in [2.45, 2.75) is 46.6 Å². The van der Waals surface area contributed by atoms with Crippen LogP contribution in [0.25, 0.3) is 0 Å². The Morgan fingerprint density at radius 3 is 2.43 bits per heavy atom. The standard InChI is InChI=1S/C17H27NO3/c1-7-20-16(19)17(5,18-6)10-11-21-15-13(3)9-8-12(2)14(15)4/h8-9,18H,7,10-11H2,1-6H3. The van der Waals surface area contributed by atoms with Crippen LogP contribution in [0.5, 0.6) is 5.75 Å². The first kappa shape index (κ1) is 17.5. The summed E-state index contributed by atoms with van der Waals surface area (Å²) >= 11 is 0. The highest BCUT2D eigenvalue weighted by atomic mass is 16.5. The largest absolute Gasteiger partial charge is 0.493 e. The number of nitrogens with one attached hydrogen (secondary N) is 1. The lowest BCUT2D eigenvalue weighted by atomic mass is 9.99. The van der Waals surface area contributed by atoms with Crippen LogP contribution in [0.4, 0.5) is 0 Å². The van der Waals surface area contributed by atoms with E-state index in [4.69, 9.17) is 9.47 Å². The van der Waals surface area contributed by atoms with E-state index in [9.17, 15) is 4.79 Å².